The third-order valence-electron chi connectivity index (χ3n) is 4.07. The van der Waals surface area contributed by atoms with Crippen molar-refractivity contribution in [2.24, 2.45) is 5.92 Å². The lowest BCUT2D eigenvalue weighted by Crippen LogP contribution is -2.72. The van der Waals surface area contributed by atoms with Crippen LogP contribution in [-0.4, -0.2) is 23.6 Å². The number of amides is 2. The summed E-state index contributed by atoms with van der Waals surface area (Å²) in [7, 11) is 0. The van der Waals surface area contributed by atoms with Gasteiger partial charge in [0.1, 0.15) is 17.3 Å². The number of ether oxygens (including phenoxy) is 1. The van der Waals surface area contributed by atoms with Crippen LogP contribution in [0.2, 0.25) is 0 Å². The summed E-state index contributed by atoms with van der Waals surface area (Å²) in [5, 5.41) is 5.73. The van der Waals surface area contributed by atoms with Crippen LogP contribution in [0, 0.1) is 5.92 Å². The predicted octanol–water partition coefficient (Wildman–Crippen LogP) is 1.54. The Balaban J connectivity index is 1.86. The fraction of sp³-hybridized carbons (Fsp3) is 0.500. The van der Waals surface area contributed by atoms with E-state index in [0.717, 1.165) is 11.3 Å². The second-order valence-corrected chi connectivity index (χ2v) is 6.33. The first-order valence-corrected chi connectivity index (χ1v) is 7.29. The second kappa shape index (κ2) is 4.76. The van der Waals surface area contributed by atoms with Crippen LogP contribution in [-0.2, 0) is 9.59 Å². The summed E-state index contributed by atoms with van der Waals surface area (Å²) in [4.78, 5) is 24.1. The van der Waals surface area contributed by atoms with E-state index in [0.29, 0.717) is 6.42 Å². The van der Waals surface area contributed by atoms with Gasteiger partial charge in [-0.15, -0.1) is 0 Å². The van der Waals surface area contributed by atoms with Crippen LogP contribution < -0.4 is 15.4 Å². The van der Waals surface area contributed by atoms with Crippen molar-refractivity contribution >= 4 is 11.8 Å². The number of piperidine rings is 2. The predicted molar refractivity (Wildman–Crippen MR) is 77.7 cm³/mol. The molecule has 112 valence electrons. The maximum absolute atomic E-state index is 12.1. The van der Waals surface area contributed by atoms with Gasteiger partial charge in [-0.2, -0.15) is 0 Å². The minimum atomic E-state index is -0.638. The van der Waals surface area contributed by atoms with Crippen molar-refractivity contribution in [2.45, 2.75) is 44.9 Å². The summed E-state index contributed by atoms with van der Waals surface area (Å²) in [6, 6.07) is 7.70. The van der Waals surface area contributed by atoms with Gasteiger partial charge < -0.3 is 15.4 Å². The molecule has 0 aliphatic carbocycles. The molecule has 3 fully saturated rings. The largest absolute Gasteiger partial charge is 0.491 e. The Kier molecular flexibility index (Phi) is 3.15. The van der Waals surface area contributed by atoms with Crippen molar-refractivity contribution in [3.8, 4) is 5.75 Å². The van der Waals surface area contributed by atoms with Gasteiger partial charge in [0, 0.05) is 5.92 Å². The number of nitrogens with one attached hydrogen (secondary N) is 2. The summed E-state index contributed by atoms with van der Waals surface area (Å²) in [5.74, 6) is -0.274. The maximum atomic E-state index is 12.1. The van der Waals surface area contributed by atoms with E-state index < -0.39 is 11.6 Å². The lowest BCUT2D eigenvalue weighted by Gasteiger charge is -2.48. The van der Waals surface area contributed by atoms with Gasteiger partial charge in [-0.05, 0) is 44.9 Å². The molecular weight excluding hydrogens is 268 g/mol. The molecule has 1 aromatic carbocycles. The van der Waals surface area contributed by atoms with Crippen molar-refractivity contribution in [2.75, 3.05) is 0 Å². The Hall–Kier alpha value is -2.04. The summed E-state index contributed by atoms with van der Waals surface area (Å²) in [6.07, 6.45) is 0.830. The molecule has 3 aliphatic heterocycles. The molecule has 1 unspecified atom stereocenters. The van der Waals surface area contributed by atoms with E-state index in [9.17, 15) is 9.59 Å². The lowest BCUT2D eigenvalue weighted by atomic mass is 9.72. The number of carbonyl (C=O) groups is 2. The summed E-state index contributed by atoms with van der Waals surface area (Å²) < 4.78 is 5.62. The number of fused-ring (bicyclic) bond motifs is 3. The highest BCUT2D eigenvalue weighted by Crippen LogP contribution is 2.40. The van der Waals surface area contributed by atoms with Gasteiger partial charge in [-0.1, -0.05) is 12.1 Å². The molecule has 2 amide bonds. The van der Waals surface area contributed by atoms with E-state index in [2.05, 4.69) is 10.6 Å². The zero-order valence-corrected chi connectivity index (χ0v) is 12.5. The summed E-state index contributed by atoms with van der Waals surface area (Å²) in [6.45, 7) is 5.80. The van der Waals surface area contributed by atoms with E-state index in [1.54, 1.807) is 0 Å². The quantitative estimate of drug-likeness (QED) is 0.829. The molecule has 2 N–H and O–H groups in total. The molecule has 3 heterocycles. The third kappa shape index (κ3) is 2.48. The van der Waals surface area contributed by atoms with E-state index in [-0.39, 0.29) is 23.8 Å². The van der Waals surface area contributed by atoms with Gasteiger partial charge in [0.2, 0.25) is 11.8 Å². The topological polar surface area (TPSA) is 67.4 Å². The molecule has 0 radical (unpaired) electrons. The van der Waals surface area contributed by atoms with E-state index in [1.807, 2.05) is 45.0 Å². The van der Waals surface area contributed by atoms with Crippen LogP contribution >= 0.6 is 0 Å². The Morgan fingerprint density at radius 2 is 1.71 bits per heavy atom. The Labute approximate surface area is 124 Å². The summed E-state index contributed by atoms with van der Waals surface area (Å²) in [5.41, 5.74) is 0.368. The van der Waals surface area contributed by atoms with Crippen molar-refractivity contribution in [1.82, 2.24) is 10.6 Å². The van der Waals surface area contributed by atoms with E-state index >= 15 is 0 Å². The third-order valence-corrected chi connectivity index (χ3v) is 4.07. The first-order valence-electron chi connectivity index (χ1n) is 7.29. The number of benzene rings is 1. The maximum Gasteiger partial charge on any atom is 0.235 e. The first kappa shape index (κ1) is 13.9. The number of rotatable bonds is 3. The van der Waals surface area contributed by atoms with Gasteiger partial charge >= 0.3 is 0 Å². The fourth-order valence-electron chi connectivity index (χ4n) is 3.25. The van der Waals surface area contributed by atoms with E-state index in [4.69, 9.17) is 4.74 Å². The number of hydrogen-bond acceptors (Lipinski definition) is 3. The summed E-state index contributed by atoms with van der Waals surface area (Å²) >= 11 is 0. The van der Waals surface area contributed by atoms with Gasteiger partial charge in [-0.25, -0.2) is 0 Å². The van der Waals surface area contributed by atoms with Crippen molar-refractivity contribution in [1.29, 1.82) is 0 Å². The molecule has 4 rings (SSSR count). The SMILES string of the molecule is CC(C)Oc1ccc(C2CC3(C)NC(=O)C2C(=O)N3)cc1. The van der Waals surface area contributed by atoms with Gasteiger partial charge in [-0.3, -0.25) is 9.59 Å². The molecule has 5 nitrogen and oxygen atoms in total. The normalized spacial score (nSPS) is 31.0. The smallest absolute Gasteiger partial charge is 0.235 e. The lowest BCUT2D eigenvalue weighted by molar-refractivity contribution is -0.149. The van der Waals surface area contributed by atoms with Gasteiger partial charge in [0.05, 0.1) is 6.10 Å². The molecular formula is C16H20N2O3. The standard InChI is InChI=1S/C16H20N2O3/c1-9(2)21-11-6-4-10(5-7-11)12-8-16(3)17-14(19)13(12)15(20)18-16/h4-7,9,12-13H,8H2,1-3H3,(H,17,19)(H,18,20). The van der Waals surface area contributed by atoms with Gasteiger partial charge in [0.25, 0.3) is 0 Å². The highest BCUT2D eigenvalue weighted by Gasteiger charge is 2.52. The average molecular weight is 288 g/mol. The molecule has 1 aromatic rings. The molecule has 2 bridgehead atoms. The minimum Gasteiger partial charge on any atom is -0.491 e. The molecule has 1 atom stereocenters. The Morgan fingerprint density at radius 1 is 1.14 bits per heavy atom. The Bertz CT molecular complexity index is 562. The average Bonchev–Trinajstić information content (AvgIpc) is 2.36. The number of hydrogen-bond donors (Lipinski definition) is 2. The van der Waals surface area contributed by atoms with Crippen molar-refractivity contribution < 1.29 is 14.3 Å². The fourth-order valence-corrected chi connectivity index (χ4v) is 3.25. The second-order valence-electron chi connectivity index (χ2n) is 6.33. The molecule has 0 aromatic heterocycles. The van der Waals surface area contributed by atoms with Crippen LogP contribution in [0.25, 0.3) is 0 Å². The molecule has 5 heteroatoms. The van der Waals surface area contributed by atoms with Crippen LogP contribution in [0.1, 0.15) is 38.7 Å². The molecule has 0 saturated carbocycles. The first-order chi connectivity index (χ1) is 9.88. The molecule has 3 saturated heterocycles. The molecule has 3 aliphatic rings. The molecule has 21 heavy (non-hydrogen) atoms. The number of carbonyl (C=O) groups excluding carboxylic acids is 2. The Morgan fingerprint density at radius 3 is 2.19 bits per heavy atom. The van der Waals surface area contributed by atoms with Gasteiger partial charge in [0.15, 0.2) is 0 Å². The van der Waals surface area contributed by atoms with Crippen molar-refractivity contribution in [3.05, 3.63) is 29.8 Å². The zero-order chi connectivity index (χ0) is 15.2. The minimum absolute atomic E-state index is 0.0781. The van der Waals surface area contributed by atoms with Crippen LogP contribution in [0.5, 0.6) is 5.75 Å². The molecule has 0 spiro atoms. The van der Waals surface area contributed by atoms with Crippen LogP contribution in [0.15, 0.2) is 24.3 Å². The zero-order valence-electron chi connectivity index (χ0n) is 12.5. The van der Waals surface area contributed by atoms with E-state index in [1.165, 1.54) is 0 Å². The highest BCUT2D eigenvalue weighted by atomic mass is 16.5. The van der Waals surface area contributed by atoms with Crippen molar-refractivity contribution in [3.63, 3.8) is 0 Å². The van der Waals surface area contributed by atoms with Crippen LogP contribution in [0.3, 0.4) is 0 Å². The monoisotopic (exact) mass is 288 g/mol. The highest BCUT2D eigenvalue weighted by molar-refractivity contribution is 6.05. The van der Waals surface area contributed by atoms with Crippen LogP contribution in [0.4, 0.5) is 0 Å².